The summed E-state index contributed by atoms with van der Waals surface area (Å²) >= 11 is 0. The molecular weight excluding hydrogens is 294 g/mol. The number of rotatable bonds is 3. The summed E-state index contributed by atoms with van der Waals surface area (Å²) in [6.07, 6.45) is 3.03. The van der Waals surface area contributed by atoms with Crippen molar-refractivity contribution in [2.45, 2.75) is 6.92 Å². The molecule has 2 heterocycles. The average molecular weight is 309 g/mol. The number of carbonyl (C=O) groups excluding carboxylic acids is 1. The highest BCUT2D eigenvalue weighted by atomic mass is 16.5. The normalized spacial score (nSPS) is 11.2. The molecule has 0 saturated heterocycles. The first-order chi connectivity index (χ1) is 11.1. The smallest absolute Gasteiger partial charge is 0.229 e. The van der Waals surface area contributed by atoms with Crippen molar-refractivity contribution in [3.63, 3.8) is 0 Å². The number of carbonyl (C=O) groups is 1. The number of hydrogen-bond donors (Lipinski definition) is 1. The summed E-state index contributed by atoms with van der Waals surface area (Å²) in [5, 5.41) is 10.9. The maximum absolute atomic E-state index is 11.9. The van der Waals surface area contributed by atoms with E-state index >= 15 is 0 Å². The first-order valence-corrected chi connectivity index (χ1v) is 6.99. The lowest BCUT2D eigenvalue weighted by molar-refractivity contribution is 0.0940. The summed E-state index contributed by atoms with van der Waals surface area (Å²) in [6.45, 7) is 1.41. The van der Waals surface area contributed by atoms with E-state index in [0.717, 1.165) is 5.75 Å². The van der Waals surface area contributed by atoms with Crippen molar-refractivity contribution in [3.8, 4) is 11.5 Å². The van der Waals surface area contributed by atoms with E-state index in [4.69, 9.17) is 4.74 Å². The second kappa shape index (κ2) is 5.92. The van der Waals surface area contributed by atoms with E-state index in [9.17, 15) is 9.90 Å². The van der Waals surface area contributed by atoms with Crippen molar-refractivity contribution in [3.05, 3.63) is 48.3 Å². The van der Waals surface area contributed by atoms with Gasteiger partial charge in [0, 0.05) is 13.1 Å². The van der Waals surface area contributed by atoms with E-state index < -0.39 is 0 Å². The molecule has 0 aliphatic carbocycles. The number of ether oxygens (including phenoxy) is 1. The number of fused-ring (bicyclic) bond motifs is 1. The minimum Gasteiger partial charge on any atom is -0.505 e. The van der Waals surface area contributed by atoms with Crippen LogP contribution in [0.1, 0.15) is 17.4 Å². The maximum atomic E-state index is 11.9. The molecule has 0 saturated carbocycles. The molecule has 1 aromatic carbocycles. The van der Waals surface area contributed by atoms with Gasteiger partial charge in [-0.15, -0.1) is 0 Å². The molecule has 3 rings (SSSR count). The fraction of sp³-hybridized carbons (Fsp3) is 0.118. The number of aromatic nitrogens is 2. The van der Waals surface area contributed by atoms with Crippen LogP contribution in [-0.4, -0.2) is 33.9 Å². The third kappa shape index (κ3) is 2.66. The fourth-order valence-electron chi connectivity index (χ4n) is 2.36. The molecule has 6 heteroatoms. The third-order valence-corrected chi connectivity index (χ3v) is 3.46. The first-order valence-electron chi connectivity index (χ1n) is 6.99. The Morgan fingerprint density at radius 1 is 1.30 bits per heavy atom. The molecule has 0 radical (unpaired) electrons. The zero-order valence-electron chi connectivity index (χ0n) is 12.7. The average Bonchev–Trinajstić information content (AvgIpc) is 2.86. The number of benzene rings is 1. The molecule has 0 amide bonds. The van der Waals surface area contributed by atoms with Crippen LogP contribution in [-0.2, 0) is 0 Å². The van der Waals surface area contributed by atoms with E-state index in [-0.39, 0.29) is 11.7 Å². The molecule has 0 aliphatic rings. The number of hydrogen-bond acceptors (Lipinski definition) is 5. The lowest BCUT2D eigenvalue weighted by atomic mass is 10.3. The SMILES string of the molecule is COc1ccc(N=Cc2c(O)c3cccnc3n2C(C)=O)cc1. The van der Waals surface area contributed by atoms with Gasteiger partial charge in [-0.1, -0.05) is 0 Å². The third-order valence-electron chi connectivity index (χ3n) is 3.46. The number of methoxy groups -OCH3 is 1. The Kier molecular flexibility index (Phi) is 3.80. The fourth-order valence-corrected chi connectivity index (χ4v) is 2.36. The van der Waals surface area contributed by atoms with Crippen LogP contribution in [0.5, 0.6) is 11.5 Å². The molecule has 0 aliphatic heterocycles. The predicted octanol–water partition coefficient (Wildman–Crippen LogP) is 3.16. The van der Waals surface area contributed by atoms with Crippen molar-refractivity contribution in [2.24, 2.45) is 4.99 Å². The van der Waals surface area contributed by atoms with Gasteiger partial charge in [0.2, 0.25) is 5.91 Å². The molecule has 116 valence electrons. The largest absolute Gasteiger partial charge is 0.505 e. The highest BCUT2D eigenvalue weighted by molar-refractivity contribution is 6.03. The monoisotopic (exact) mass is 309 g/mol. The summed E-state index contributed by atoms with van der Waals surface area (Å²) in [5.74, 6) is 0.472. The molecule has 0 bridgehead atoms. The highest BCUT2D eigenvalue weighted by Gasteiger charge is 2.18. The van der Waals surface area contributed by atoms with E-state index in [1.165, 1.54) is 17.7 Å². The molecule has 0 atom stereocenters. The number of aliphatic imine (C=N–C) groups is 1. The van der Waals surface area contributed by atoms with Gasteiger partial charge in [0.05, 0.1) is 24.4 Å². The van der Waals surface area contributed by atoms with Crippen LogP contribution in [0, 0.1) is 0 Å². The summed E-state index contributed by atoms with van der Waals surface area (Å²) in [6, 6.07) is 10.6. The minimum absolute atomic E-state index is 0.0134. The zero-order chi connectivity index (χ0) is 16.4. The Hall–Kier alpha value is -3.15. The Morgan fingerprint density at radius 2 is 2.04 bits per heavy atom. The summed E-state index contributed by atoms with van der Waals surface area (Å²) < 4.78 is 6.44. The standard InChI is InChI=1S/C17H15N3O3/c1-11(21)20-15(16(22)14-4-3-9-18-17(14)20)10-19-12-5-7-13(23-2)8-6-12/h3-10,22H,1-2H3. The Morgan fingerprint density at radius 3 is 2.70 bits per heavy atom. The summed E-state index contributed by atoms with van der Waals surface area (Å²) in [5.41, 5.74) is 1.40. The van der Waals surface area contributed by atoms with Crippen LogP contribution >= 0.6 is 0 Å². The van der Waals surface area contributed by atoms with E-state index in [0.29, 0.717) is 22.4 Å². The van der Waals surface area contributed by atoms with Crippen molar-refractivity contribution in [1.82, 2.24) is 9.55 Å². The molecule has 3 aromatic rings. The number of nitrogens with zero attached hydrogens (tertiary/aromatic N) is 3. The van der Waals surface area contributed by atoms with Crippen molar-refractivity contribution >= 4 is 28.8 Å². The number of pyridine rings is 1. The van der Waals surface area contributed by atoms with Gasteiger partial charge in [-0.05, 0) is 36.4 Å². The van der Waals surface area contributed by atoms with Crippen LogP contribution in [0.3, 0.4) is 0 Å². The topological polar surface area (TPSA) is 76.7 Å². The van der Waals surface area contributed by atoms with Gasteiger partial charge >= 0.3 is 0 Å². The van der Waals surface area contributed by atoms with Gasteiger partial charge < -0.3 is 9.84 Å². The van der Waals surface area contributed by atoms with Crippen LogP contribution in [0.4, 0.5) is 5.69 Å². The van der Waals surface area contributed by atoms with Gasteiger partial charge in [-0.25, -0.2) is 4.98 Å². The Labute approximate surface area is 132 Å². The lowest BCUT2D eigenvalue weighted by Crippen LogP contribution is -2.09. The molecule has 0 spiro atoms. The molecule has 0 fully saturated rings. The van der Waals surface area contributed by atoms with Crippen molar-refractivity contribution < 1.29 is 14.6 Å². The maximum Gasteiger partial charge on any atom is 0.229 e. The van der Waals surface area contributed by atoms with Crippen LogP contribution in [0.25, 0.3) is 11.0 Å². The highest BCUT2D eigenvalue weighted by Crippen LogP contribution is 2.30. The Balaban J connectivity index is 2.08. The summed E-state index contributed by atoms with van der Waals surface area (Å²) in [4.78, 5) is 20.4. The molecule has 23 heavy (non-hydrogen) atoms. The molecule has 0 unspecified atom stereocenters. The Bertz CT molecular complexity index is 895. The quantitative estimate of drug-likeness (QED) is 0.754. The molecule has 2 aromatic heterocycles. The predicted molar refractivity (Wildman–Crippen MR) is 87.9 cm³/mol. The lowest BCUT2D eigenvalue weighted by Gasteiger charge is -2.02. The van der Waals surface area contributed by atoms with E-state index in [1.54, 1.807) is 49.7 Å². The van der Waals surface area contributed by atoms with Gasteiger partial charge in [-0.3, -0.25) is 14.4 Å². The van der Waals surface area contributed by atoms with Crippen molar-refractivity contribution in [2.75, 3.05) is 7.11 Å². The number of aromatic hydroxyl groups is 1. The molecular formula is C17H15N3O3. The van der Waals surface area contributed by atoms with Crippen molar-refractivity contribution in [1.29, 1.82) is 0 Å². The zero-order valence-corrected chi connectivity index (χ0v) is 12.7. The van der Waals surface area contributed by atoms with E-state index in [2.05, 4.69) is 9.98 Å². The van der Waals surface area contributed by atoms with Gasteiger partial charge in [-0.2, -0.15) is 0 Å². The van der Waals surface area contributed by atoms with E-state index in [1.807, 2.05) is 0 Å². The second-order valence-electron chi connectivity index (χ2n) is 4.92. The minimum atomic E-state index is -0.245. The van der Waals surface area contributed by atoms with Gasteiger partial charge in [0.15, 0.2) is 11.4 Å². The molecule has 6 nitrogen and oxygen atoms in total. The summed E-state index contributed by atoms with van der Waals surface area (Å²) in [7, 11) is 1.59. The van der Waals surface area contributed by atoms with Crippen LogP contribution in [0.2, 0.25) is 0 Å². The van der Waals surface area contributed by atoms with Crippen LogP contribution in [0.15, 0.2) is 47.6 Å². The van der Waals surface area contributed by atoms with Gasteiger partial charge in [0.1, 0.15) is 11.4 Å². The molecule has 1 N–H and O–H groups in total. The van der Waals surface area contributed by atoms with Crippen LogP contribution < -0.4 is 4.74 Å². The second-order valence-corrected chi connectivity index (χ2v) is 4.92. The first kappa shape index (κ1) is 14.8. The van der Waals surface area contributed by atoms with Gasteiger partial charge in [0.25, 0.3) is 0 Å².